The summed E-state index contributed by atoms with van der Waals surface area (Å²) in [6, 6.07) is 13.1. The Morgan fingerprint density at radius 1 is 1.08 bits per heavy atom. The van der Waals surface area contributed by atoms with Crippen LogP contribution in [-0.2, 0) is 4.79 Å². The molecule has 25 heavy (non-hydrogen) atoms. The van der Waals surface area contributed by atoms with Gasteiger partial charge in [0.2, 0.25) is 5.91 Å². The quantitative estimate of drug-likeness (QED) is 0.858. The molecule has 0 aliphatic carbocycles. The molecule has 1 aromatic carbocycles. The van der Waals surface area contributed by atoms with E-state index in [2.05, 4.69) is 10.3 Å². The molecular weight excluding hydrogens is 316 g/mol. The lowest BCUT2D eigenvalue weighted by Gasteiger charge is -2.52. The number of carbonyl (C=O) groups is 2. The number of benzene rings is 1. The van der Waals surface area contributed by atoms with E-state index in [1.807, 2.05) is 42.5 Å². The van der Waals surface area contributed by atoms with Crippen molar-refractivity contribution in [2.45, 2.75) is 12.8 Å². The average Bonchev–Trinajstić information content (AvgIpc) is 2.67. The minimum atomic E-state index is -0.306. The maximum absolute atomic E-state index is 12.7. The van der Waals surface area contributed by atoms with Crippen molar-refractivity contribution in [2.75, 3.05) is 29.9 Å². The molecule has 4 rings (SSSR count). The van der Waals surface area contributed by atoms with Crippen molar-refractivity contribution in [1.29, 1.82) is 0 Å². The van der Waals surface area contributed by atoms with Crippen molar-refractivity contribution < 1.29 is 9.59 Å². The number of β-lactam (4-membered cyclic amide) rings is 1. The number of aromatic nitrogens is 1. The van der Waals surface area contributed by atoms with E-state index in [1.165, 1.54) is 0 Å². The molecule has 6 heteroatoms. The van der Waals surface area contributed by atoms with Gasteiger partial charge in [-0.05, 0) is 37.1 Å². The molecule has 0 bridgehead atoms. The number of carbonyl (C=O) groups excluding carboxylic acids is 2. The molecule has 2 fully saturated rings. The van der Waals surface area contributed by atoms with Gasteiger partial charge in [-0.2, -0.15) is 0 Å². The zero-order valence-electron chi connectivity index (χ0n) is 13.9. The Labute approximate surface area is 146 Å². The maximum Gasteiger partial charge on any atom is 0.321 e. The van der Waals surface area contributed by atoms with Crippen LogP contribution in [0.15, 0.2) is 54.9 Å². The summed E-state index contributed by atoms with van der Waals surface area (Å²) >= 11 is 0. The summed E-state index contributed by atoms with van der Waals surface area (Å²) in [7, 11) is 0. The first kappa shape index (κ1) is 15.6. The van der Waals surface area contributed by atoms with Gasteiger partial charge >= 0.3 is 6.03 Å². The molecule has 0 radical (unpaired) electrons. The van der Waals surface area contributed by atoms with Crippen molar-refractivity contribution in [2.24, 2.45) is 5.41 Å². The molecule has 0 atom stereocenters. The van der Waals surface area contributed by atoms with Gasteiger partial charge in [-0.3, -0.25) is 9.78 Å². The number of piperidine rings is 1. The van der Waals surface area contributed by atoms with Gasteiger partial charge in [0.05, 0.1) is 17.3 Å². The SMILES string of the molecule is O=C(Nc1ccccc1)N1CCC2(CC1)CN(c1cccnc1)C2=O. The second-order valence-electron chi connectivity index (χ2n) is 6.67. The number of urea groups is 1. The van der Waals surface area contributed by atoms with Crippen LogP contribution in [-0.4, -0.2) is 41.5 Å². The van der Waals surface area contributed by atoms with E-state index in [9.17, 15) is 9.59 Å². The molecule has 0 saturated carbocycles. The monoisotopic (exact) mass is 336 g/mol. The number of nitrogens with one attached hydrogen (secondary N) is 1. The zero-order chi connectivity index (χ0) is 17.3. The van der Waals surface area contributed by atoms with Gasteiger partial charge in [0.15, 0.2) is 0 Å². The van der Waals surface area contributed by atoms with E-state index in [0.717, 1.165) is 11.4 Å². The summed E-state index contributed by atoms with van der Waals surface area (Å²) in [6.07, 6.45) is 4.84. The Morgan fingerprint density at radius 3 is 2.48 bits per heavy atom. The van der Waals surface area contributed by atoms with Crippen LogP contribution in [0.4, 0.5) is 16.2 Å². The fourth-order valence-corrected chi connectivity index (χ4v) is 3.59. The maximum atomic E-state index is 12.7. The second-order valence-corrected chi connectivity index (χ2v) is 6.67. The predicted octanol–water partition coefficient (Wildman–Crippen LogP) is 2.74. The Hall–Kier alpha value is -2.89. The Balaban J connectivity index is 1.34. The number of amides is 3. The first-order valence-corrected chi connectivity index (χ1v) is 8.51. The third kappa shape index (κ3) is 2.84. The highest BCUT2D eigenvalue weighted by molar-refractivity contribution is 6.04. The molecule has 2 aliphatic heterocycles. The van der Waals surface area contributed by atoms with E-state index in [-0.39, 0.29) is 17.4 Å². The first-order chi connectivity index (χ1) is 12.2. The highest BCUT2D eigenvalue weighted by Gasteiger charge is 2.53. The van der Waals surface area contributed by atoms with Gasteiger partial charge in [0, 0.05) is 31.5 Å². The molecule has 3 heterocycles. The number of hydrogen-bond donors (Lipinski definition) is 1. The van der Waals surface area contributed by atoms with E-state index >= 15 is 0 Å². The van der Waals surface area contributed by atoms with Crippen molar-refractivity contribution >= 4 is 23.3 Å². The Morgan fingerprint density at radius 2 is 1.84 bits per heavy atom. The number of pyridine rings is 1. The number of nitrogens with zero attached hydrogens (tertiary/aromatic N) is 3. The molecule has 2 aromatic rings. The predicted molar refractivity (Wildman–Crippen MR) is 95.3 cm³/mol. The highest BCUT2D eigenvalue weighted by atomic mass is 16.2. The zero-order valence-corrected chi connectivity index (χ0v) is 13.9. The molecule has 2 aliphatic rings. The van der Waals surface area contributed by atoms with Crippen LogP contribution in [0.5, 0.6) is 0 Å². The lowest BCUT2D eigenvalue weighted by Crippen LogP contribution is -2.65. The molecule has 1 spiro atoms. The molecule has 1 aromatic heterocycles. The topological polar surface area (TPSA) is 65.5 Å². The minimum absolute atomic E-state index is 0.100. The Bertz CT molecular complexity index is 771. The van der Waals surface area contributed by atoms with Crippen LogP contribution < -0.4 is 10.2 Å². The number of rotatable bonds is 2. The van der Waals surface area contributed by atoms with Crippen LogP contribution >= 0.6 is 0 Å². The second kappa shape index (κ2) is 6.20. The van der Waals surface area contributed by atoms with Crippen LogP contribution in [0, 0.1) is 5.41 Å². The fraction of sp³-hybridized carbons (Fsp3) is 0.316. The minimum Gasteiger partial charge on any atom is -0.324 e. The molecule has 0 unspecified atom stereocenters. The van der Waals surface area contributed by atoms with E-state index < -0.39 is 0 Å². The number of hydrogen-bond acceptors (Lipinski definition) is 3. The molecular formula is C19H20N4O2. The van der Waals surface area contributed by atoms with Gasteiger partial charge in [-0.1, -0.05) is 18.2 Å². The van der Waals surface area contributed by atoms with E-state index in [0.29, 0.717) is 32.5 Å². The summed E-state index contributed by atoms with van der Waals surface area (Å²) in [5.41, 5.74) is 1.33. The standard InChI is InChI=1S/C19H20N4O2/c24-17-19(14-23(17)16-7-4-10-20-13-16)8-11-22(12-9-19)18(25)21-15-5-2-1-3-6-15/h1-7,10,13H,8-9,11-12,14H2,(H,21,25). The number of likely N-dealkylation sites (tertiary alicyclic amines) is 1. The van der Waals surface area contributed by atoms with Gasteiger partial charge in [0.25, 0.3) is 0 Å². The smallest absolute Gasteiger partial charge is 0.321 e. The van der Waals surface area contributed by atoms with Gasteiger partial charge in [-0.25, -0.2) is 4.79 Å². The third-order valence-electron chi connectivity index (χ3n) is 5.15. The van der Waals surface area contributed by atoms with Crippen LogP contribution in [0.25, 0.3) is 0 Å². The molecule has 128 valence electrons. The van der Waals surface area contributed by atoms with Crippen molar-refractivity contribution in [3.63, 3.8) is 0 Å². The molecule has 6 nitrogen and oxygen atoms in total. The lowest BCUT2D eigenvalue weighted by molar-refractivity contribution is -0.138. The first-order valence-electron chi connectivity index (χ1n) is 8.51. The van der Waals surface area contributed by atoms with Crippen LogP contribution in [0.1, 0.15) is 12.8 Å². The lowest BCUT2D eigenvalue weighted by atomic mass is 9.71. The molecule has 3 amide bonds. The van der Waals surface area contributed by atoms with Crippen molar-refractivity contribution in [3.05, 3.63) is 54.9 Å². The van der Waals surface area contributed by atoms with Crippen LogP contribution in [0.2, 0.25) is 0 Å². The third-order valence-corrected chi connectivity index (χ3v) is 5.15. The number of para-hydroxylation sites is 1. The largest absolute Gasteiger partial charge is 0.324 e. The number of anilines is 2. The summed E-state index contributed by atoms with van der Waals surface area (Å²) in [4.78, 5) is 32.7. The Kier molecular flexibility index (Phi) is 3.87. The van der Waals surface area contributed by atoms with Crippen LogP contribution in [0.3, 0.4) is 0 Å². The van der Waals surface area contributed by atoms with Crippen molar-refractivity contribution in [3.8, 4) is 0 Å². The average molecular weight is 336 g/mol. The van der Waals surface area contributed by atoms with E-state index in [1.54, 1.807) is 22.2 Å². The summed E-state index contributed by atoms with van der Waals surface area (Å²) < 4.78 is 0. The van der Waals surface area contributed by atoms with Gasteiger partial charge in [-0.15, -0.1) is 0 Å². The summed E-state index contributed by atoms with van der Waals surface area (Å²) in [6.45, 7) is 1.92. The molecule has 1 N–H and O–H groups in total. The van der Waals surface area contributed by atoms with Crippen molar-refractivity contribution in [1.82, 2.24) is 9.88 Å². The normalized spacial score (nSPS) is 18.8. The van der Waals surface area contributed by atoms with Gasteiger partial charge < -0.3 is 15.1 Å². The fourth-order valence-electron chi connectivity index (χ4n) is 3.59. The summed E-state index contributed by atoms with van der Waals surface area (Å²) in [5, 5.41) is 2.90. The highest BCUT2D eigenvalue weighted by Crippen LogP contribution is 2.43. The summed E-state index contributed by atoms with van der Waals surface area (Å²) in [5.74, 6) is 0.156. The molecule has 2 saturated heterocycles. The van der Waals surface area contributed by atoms with Gasteiger partial charge in [0.1, 0.15) is 0 Å². The van der Waals surface area contributed by atoms with E-state index in [4.69, 9.17) is 0 Å².